The van der Waals surface area contributed by atoms with Crippen molar-refractivity contribution in [1.29, 1.82) is 0 Å². The van der Waals surface area contributed by atoms with E-state index in [9.17, 15) is 0 Å². The van der Waals surface area contributed by atoms with E-state index in [4.69, 9.17) is 23.2 Å². The van der Waals surface area contributed by atoms with E-state index in [0.717, 1.165) is 14.2 Å². The molecule has 2 heterocycles. The summed E-state index contributed by atoms with van der Waals surface area (Å²) in [5.74, 6) is 0. The number of hydrogen-bond donors (Lipinski definition) is 1. The van der Waals surface area contributed by atoms with Crippen LogP contribution in [0.2, 0.25) is 8.67 Å². The van der Waals surface area contributed by atoms with E-state index in [1.54, 1.807) is 22.7 Å². The Kier molecular flexibility index (Phi) is 3.93. The maximum absolute atomic E-state index is 6.09. The molecule has 0 amide bonds. The van der Waals surface area contributed by atoms with Crippen molar-refractivity contribution >= 4 is 45.9 Å². The molecule has 0 radical (unpaired) electrons. The Morgan fingerprint density at radius 1 is 1.19 bits per heavy atom. The SMILES string of the molecule is CNC(c1ccc(Cl)s1)c1cc(C)c(Cl)s1. The molecule has 1 nitrogen and oxygen atoms in total. The molecule has 0 saturated heterocycles. The van der Waals surface area contributed by atoms with Crippen molar-refractivity contribution in [3.05, 3.63) is 42.2 Å². The van der Waals surface area contributed by atoms with Crippen LogP contribution in [0.3, 0.4) is 0 Å². The minimum atomic E-state index is 0.189. The molecule has 0 fully saturated rings. The average molecular weight is 292 g/mol. The second-order valence-corrected chi connectivity index (χ2v) is 6.90. The molecule has 5 heteroatoms. The predicted molar refractivity (Wildman–Crippen MR) is 74.3 cm³/mol. The molecular weight excluding hydrogens is 281 g/mol. The molecule has 2 aromatic heterocycles. The highest BCUT2D eigenvalue weighted by Gasteiger charge is 2.17. The van der Waals surface area contributed by atoms with Gasteiger partial charge >= 0.3 is 0 Å². The van der Waals surface area contributed by atoms with Crippen molar-refractivity contribution in [3.63, 3.8) is 0 Å². The van der Waals surface area contributed by atoms with Crippen LogP contribution in [0.1, 0.15) is 21.4 Å². The molecule has 1 N–H and O–H groups in total. The molecule has 1 atom stereocenters. The molecule has 0 aliphatic carbocycles. The second kappa shape index (κ2) is 5.07. The lowest BCUT2D eigenvalue weighted by atomic mass is 10.2. The van der Waals surface area contributed by atoms with Crippen molar-refractivity contribution in [2.24, 2.45) is 0 Å². The van der Waals surface area contributed by atoms with Crippen molar-refractivity contribution in [2.45, 2.75) is 13.0 Å². The van der Waals surface area contributed by atoms with Gasteiger partial charge in [0.25, 0.3) is 0 Å². The summed E-state index contributed by atoms with van der Waals surface area (Å²) >= 11 is 15.3. The monoisotopic (exact) mass is 291 g/mol. The minimum Gasteiger partial charge on any atom is -0.308 e. The van der Waals surface area contributed by atoms with Gasteiger partial charge in [-0.1, -0.05) is 23.2 Å². The van der Waals surface area contributed by atoms with Gasteiger partial charge in [0.15, 0.2) is 0 Å². The fourth-order valence-corrected chi connectivity index (χ4v) is 4.15. The van der Waals surface area contributed by atoms with E-state index in [0.29, 0.717) is 0 Å². The summed E-state index contributed by atoms with van der Waals surface area (Å²) in [4.78, 5) is 2.44. The second-order valence-electron chi connectivity index (χ2n) is 3.47. The fraction of sp³-hybridized carbons (Fsp3) is 0.273. The maximum Gasteiger partial charge on any atom is 0.0961 e. The number of nitrogens with one attached hydrogen (secondary N) is 1. The summed E-state index contributed by atoms with van der Waals surface area (Å²) in [5.41, 5.74) is 1.13. The molecule has 0 aliphatic heterocycles. The van der Waals surface area contributed by atoms with Gasteiger partial charge in [-0.3, -0.25) is 0 Å². The van der Waals surface area contributed by atoms with Gasteiger partial charge in [-0.2, -0.15) is 0 Å². The normalized spacial score (nSPS) is 13.0. The molecule has 0 saturated carbocycles. The van der Waals surface area contributed by atoms with E-state index in [2.05, 4.69) is 17.4 Å². The van der Waals surface area contributed by atoms with Crippen LogP contribution < -0.4 is 5.32 Å². The van der Waals surface area contributed by atoms with E-state index in [-0.39, 0.29) is 6.04 Å². The maximum atomic E-state index is 6.09. The molecular formula is C11H11Cl2NS2. The van der Waals surface area contributed by atoms with Gasteiger partial charge < -0.3 is 5.32 Å². The Balaban J connectivity index is 2.36. The zero-order chi connectivity index (χ0) is 11.7. The highest BCUT2D eigenvalue weighted by atomic mass is 35.5. The molecule has 2 rings (SSSR count). The summed E-state index contributed by atoms with van der Waals surface area (Å²) in [5, 5.41) is 3.29. The molecule has 86 valence electrons. The van der Waals surface area contributed by atoms with Crippen LogP contribution in [0.4, 0.5) is 0 Å². The largest absolute Gasteiger partial charge is 0.308 e. The summed E-state index contributed by atoms with van der Waals surface area (Å²) in [7, 11) is 1.95. The van der Waals surface area contributed by atoms with E-state index in [1.165, 1.54) is 9.75 Å². The van der Waals surface area contributed by atoms with Crippen LogP contribution in [0.25, 0.3) is 0 Å². The topological polar surface area (TPSA) is 12.0 Å². The number of thiophene rings is 2. The van der Waals surface area contributed by atoms with Gasteiger partial charge in [0.05, 0.1) is 14.7 Å². The smallest absolute Gasteiger partial charge is 0.0961 e. The number of aryl methyl sites for hydroxylation is 1. The van der Waals surface area contributed by atoms with Gasteiger partial charge in [-0.25, -0.2) is 0 Å². The first-order valence-corrected chi connectivity index (χ1v) is 7.19. The summed E-state index contributed by atoms with van der Waals surface area (Å²) < 4.78 is 1.67. The van der Waals surface area contributed by atoms with Crippen LogP contribution >= 0.6 is 45.9 Å². The molecule has 0 aromatic carbocycles. The first kappa shape index (κ1) is 12.4. The molecule has 1 unspecified atom stereocenters. The predicted octanol–water partition coefficient (Wildman–Crippen LogP) is 4.73. The third-order valence-electron chi connectivity index (χ3n) is 2.33. The van der Waals surface area contributed by atoms with Crippen LogP contribution in [-0.2, 0) is 0 Å². The molecule has 0 bridgehead atoms. The summed E-state index contributed by atoms with van der Waals surface area (Å²) in [6.07, 6.45) is 0. The van der Waals surface area contributed by atoms with Gasteiger partial charge in [0.2, 0.25) is 0 Å². The van der Waals surface area contributed by atoms with Crippen molar-refractivity contribution in [2.75, 3.05) is 7.05 Å². The zero-order valence-corrected chi connectivity index (χ0v) is 12.0. The third-order valence-corrected chi connectivity index (χ3v) is 5.24. The van der Waals surface area contributed by atoms with E-state index in [1.807, 2.05) is 20.0 Å². The average Bonchev–Trinajstić information content (AvgIpc) is 2.77. The Morgan fingerprint density at radius 3 is 2.38 bits per heavy atom. The zero-order valence-electron chi connectivity index (χ0n) is 8.88. The van der Waals surface area contributed by atoms with Gasteiger partial charge in [0.1, 0.15) is 0 Å². The van der Waals surface area contributed by atoms with Gasteiger partial charge in [0, 0.05) is 9.75 Å². The first-order chi connectivity index (χ1) is 7.61. The Morgan fingerprint density at radius 2 is 1.94 bits per heavy atom. The molecule has 16 heavy (non-hydrogen) atoms. The lowest BCUT2D eigenvalue weighted by Gasteiger charge is -2.11. The summed E-state index contributed by atoms with van der Waals surface area (Å²) in [6.45, 7) is 2.02. The van der Waals surface area contributed by atoms with Crippen LogP contribution in [0, 0.1) is 6.92 Å². The first-order valence-electron chi connectivity index (χ1n) is 4.80. The lowest BCUT2D eigenvalue weighted by molar-refractivity contribution is 0.716. The Bertz CT molecular complexity index is 470. The number of hydrogen-bond acceptors (Lipinski definition) is 3. The van der Waals surface area contributed by atoms with Gasteiger partial charge in [-0.05, 0) is 37.7 Å². The minimum absolute atomic E-state index is 0.189. The third kappa shape index (κ3) is 2.44. The number of halogens is 2. The highest BCUT2D eigenvalue weighted by molar-refractivity contribution is 7.17. The quantitative estimate of drug-likeness (QED) is 0.862. The van der Waals surface area contributed by atoms with Crippen LogP contribution in [-0.4, -0.2) is 7.05 Å². The van der Waals surface area contributed by atoms with Crippen LogP contribution in [0.15, 0.2) is 18.2 Å². The van der Waals surface area contributed by atoms with Crippen molar-refractivity contribution in [1.82, 2.24) is 5.32 Å². The van der Waals surface area contributed by atoms with Crippen molar-refractivity contribution in [3.8, 4) is 0 Å². The molecule has 2 aromatic rings. The standard InChI is InChI=1S/C11H11Cl2NS2/c1-6-5-8(16-11(6)13)10(14-2)7-3-4-9(12)15-7/h3-5,10,14H,1-2H3. The molecule has 0 aliphatic rings. The van der Waals surface area contributed by atoms with Gasteiger partial charge in [-0.15, -0.1) is 22.7 Å². The van der Waals surface area contributed by atoms with Crippen molar-refractivity contribution < 1.29 is 0 Å². The summed E-state index contributed by atoms with van der Waals surface area (Å²) in [6, 6.07) is 6.29. The highest BCUT2D eigenvalue weighted by Crippen LogP contribution is 2.37. The lowest BCUT2D eigenvalue weighted by Crippen LogP contribution is -2.14. The van der Waals surface area contributed by atoms with E-state index >= 15 is 0 Å². The Hall–Kier alpha value is -0.0600. The van der Waals surface area contributed by atoms with E-state index < -0.39 is 0 Å². The molecule has 0 spiro atoms. The van der Waals surface area contributed by atoms with Crippen LogP contribution in [0.5, 0.6) is 0 Å². The Labute approximate surface area is 113 Å². The number of rotatable bonds is 3. The fourth-order valence-electron chi connectivity index (χ4n) is 1.53.